The third-order valence-corrected chi connectivity index (χ3v) is 3.37. The summed E-state index contributed by atoms with van der Waals surface area (Å²) in [6.07, 6.45) is -1.22. The van der Waals surface area contributed by atoms with Gasteiger partial charge in [-0.15, -0.1) is 0 Å². The lowest BCUT2D eigenvalue weighted by Crippen LogP contribution is -2.36. The number of aliphatic hydroxyl groups is 1. The van der Waals surface area contributed by atoms with Crippen LogP contribution in [0.4, 0.5) is 13.2 Å². The minimum Gasteiger partial charge on any atom is -0.390 e. The molecule has 4 heteroatoms. The van der Waals surface area contributed by atoms with Gasteiger partial charge in [0.25, 0.3) is 0 Å². The van der Waals surface area contributed by atoms with Crippen molar-refractivity contribution >= 4 is 0 Å². The molecule has 2 atom stereocenters. The molecule has 90 valence electrons. The molecule has 0 aromatic carbocycles. The van der Waals surface area contributed by atoms with Crippen LogP contribution in [0.25, 0.3) is 0 Å². The Morgan fingerprint density at radius 1 is 1.40 bits per heavy atom. The normalized spacial score (nSPS) is 33.0. The van der Waals surface area contributed by atoms with Gasteiger partial charge in [0.1, 0.15) is 0 Å². The summed E-state index contributed by atoms with van der Waals surface area (Å²) in [6, 6.07) is 0. The van der Waals surface area contributed by atoms with Crippen molar-refractivity contribution in [1.29, 1.82) is 0 Å². The van der Waals surface area contributed by atoms with Crippen molar-refractivity contribution in [1.82, 2.24) is 0 Å². The van der Waals surface area contributed by atoms with Gasteiger partial charge in [0.15, 0.2) is 0 Å². The molecule has 0 saturated heterocycles. The molecule has 1 N–H and O–H groups in total. The van der Waals surface area contributed by atoms with E-state index in [1.165, 1.54) is 0 Å². The van der Waals surface area contributed by atoms with Crippen molar-refractivity contribution in [3.8, 4) is 0 Å². The number of halogens is 3. The standard InChI is InChI=1S/C11H19F3O/c1-2-9-4-3-5-10(15,8-9)6-7-11(12,13)14/h9,15H,2-8H2,1H3. The molecule has 0 aromatic rings. The van der Waals surface area contributed by atoms with Crippen molar-refractivity contribution in [2.75, 3.05) is 0 Å². The highest BCUT2D eigenvalue weighted by Gasteiger charge is 2.37. The predicted octanol–water partition coefficient (Wildman–Crippen LogP) is 3.66. The number of alkyl halides is 3. The maximum Gasteiger partial charge on any atom is 0.389 e. The summed E-state index contributed by atoms with van der Waals surface area (Å²) in [4.78, 5) is 0. The van der Waals surface area contributed by atoms with Crippen molar-refractivity contribution in [2.45, 2.75) is 63.6 Å². The van der Waals surface area contributed by atoms with E-state index in [1.54, 1.807) is 0 Å². The van der Waals surface area contributed by atoms with Crippen LogP contribution in [0.5, 0.6) is 0 Å². The maximum absolute atomic E-state index is 12.0. The van der Waals surface area contributed by atoms with Crippen molar-refractivity contribution < 1.29 is 18.3 Å². The second-order valence-corrected chi connectivity index (χ2v) is 4.71. The summed E-state index contributed by atoms with van der Waals surface area (Å²) in [6.45, 7) is 2.03. The van der Waals surface area contributed by atoms with Gasteiger partial charge < -0.3 is 5.11 Å². The van der Waals surface area contributed by atoms with Crippen LogP contribution < -0.4 is 0 Å². The summed E-state index contributed by atoms with van der Waals surface area (Å²) in [5, 5.41) is 10.0. The molecule has 0 spiro atoms. The molecule has 0 amide bonds. The van der Waals surface area contributed by atoms with Gasteiger partial charge in [-0.2, -0.15) is 13.2 Å². The fourth-order valence-corrected chi connectivity index (χ4v) is 2.41. The van der Waals surface area contributed by atoms with E-state index in [0.29, 0.717) is 18.8 Å². The molecule has 15 heavy (non-hydrogen) atoms. The van der Waals surface area contributed by atoms with Gasteiger partial charge in [-0.1, -0.05) is 26.2 Å². The van der Waals surface area contributed by atoms with E-state index in [4.69, 9.17) is 0 Å². The first-order chi connectivity index (χ1) is 6.85. The second-order valence-electron chi connectivity index (χ2n) is 4.71. The average molecular weight is 224 g/mol. The zero-order valence-corrected chi connectivity index (χ0v) is 9.11. The minimum absolute atomic E-state index is 0.132. The van der Waals surface area contributed by atoms with Crippen LogP contribution in [-0.4, -0.2) is 16.9 Å². The summed E-state index contributed by atoms with van der Waals surface area (Å²) < 4.78 is 36.1. The van der Waals surface area contributed by atoms with Crippen LogP contribution >= 0.6 is 0 Å². The molecule has 1 fully saturated rings. The summed E-state index contributed by atoms with van der Waals surface area (Å²) in [5.41, 5.74) is -1.06. The molecular formula is C11H19F3O. The highest BCUT2D eigenvalue weighted by atomic mass is 19.4. The third kappa shape index (κ3) is 4.41. The van der Waals surface area contributed by atoms with Crippen LogP contribution in [0.1, 0.15) is 51.9 Å². The Labute approximate surface area is 88.7 Å². The van der Waals surface area contributed by atoms with Gasteiger partial charge >= 0.3 is 6.18 Å². The molecular weight excluding hydrogens is 205 g/mol. The van der Waals surface area contributed by atoms with E-state index in [-0.39, 0.29) is 6.42 Å². The molecule has 0 bridgehead atoms. The molecule has 0 aliphatic heterocycles. The predicted molar refractivity (Wildman–Crippen MR) is 52.5 cm³/mol. The van der Waals surface area contributed by atoms with Crippen LogP contribution in [-0.2, 0) is 0 Å². The number of rotatable bonds is 3. The van der Waals surface area contributed by atoms with E-state index in [2.05, 4.69) is 0 Å². The highest BCUT2D eigenvalue weighted by molar-refractivity contribution is 4.86. The first kappa shape index (κ1) is 12.8. The first-order valence-electron chi connectivity index (χ1n) is 5.64. The van der Waals surface area contributed by atoms with Crippen molar-refractivity contribution in [2.24, 2.45) is 5.92 Å². The largest absolute Gasteiger partial charge is 0.390 e. The minimum atomic E-state index is -4.14. The van der Waals surface area contributed by atoms with Gasteiger partial charge in [0.2, 0.25) is 0 Å². The number of hydrogen-bond acceptors (Lipinski definition) is 1. The fraction of sp³-hybridized carbons (Fsp3) is 1.00. The lowest BCUT2D eigenvalue weighted by atomic mass is 9.75. The molecule has 1 aliphatic carbocycles. The van der Waals surface area contributed by atoms with Crippen molar-refractivity contribution in [3.05, 3.63) is 0 Å². The number of hydrogen-bond donors (Lipinski definition) is 1. The second kappa shape index (κ2) is 4.73. The van der Waals surface area contributed by atoms with Crippen molar-refractivity contribution in [3.63, 3.8) is 0 Å². The Bertz CT molecular complexity index is 202. The van der Waals surface area contributed by atoms with E-state index >= 15 is 0 Å². The van der Waals surface area contributed by atoms with Gasteiger partial charge in [0, 0.05) is 6.42 Å². The van der Waals surface area contributed by atoms with E-state index < -0.39 is 18.2 Å². The molecule has 1 rings (SSSR count). The quantitative estimate of drug-likeness (QED) is 0.775. The highest BCUT2D eigenvalue weighted by Crippen LogP contribution is 2.38. The molecule has 0 aromatic heterocycles. The van der Waals surface area contributed by atoms with Gasteiger partial charge in [-0.25, -0.2) is 0 Å². The van der Waals surface area contributed by atoms with Crippen LogP contribution in [0.3, 0.4) is 0 Å². The van der Waals surface area contributed by atoms with Crippen LogP contribution in [0, 0.1) is 5.92 Å². The zero-order chi connectivity index (χ0) is 11.5. The molecule has 1 aliphatic rings. The molecule has 1 saturated carbocycles. The summed E-state index contributed by atoms with van der Waals surface area (Å²) in [7, 11) is 0. The Balaban J connectivity index is 2.43. The van der Waals surface area contributed by atoms with Gasteiger partial charge in [-0.3, -0.25) is 0 Å². The average Bonchev–Trinajstić information content (AvgIpc) is 2.14. The van der Waals surface area contributed by atoms with E-state index in [0.717, 1.165) is 19.3 Å². The first-order valence-corrected chi connectivity index (χ1v) is 5.64. The summed E-state index contributed by atoms with van der Waals surface area (Å²) >= 11 is 0. The Morgan fingerprint density at radius 3 is 2.60 bits per heavy atom. The Morgan fingerprint density at radius 2 is 2.07 bits per heavy atom. The fourth-order valence-electron chi connectivity index (χ4n) is 2.41. The third-order valence-electron chi connectivity index (χ3n) is 3.37. The smallest absolute Gasteiger partial charge is 0.389 e. The van der Waals surface area contributed by atoms with Crippen LogP contribution in [0.2, 0.25) is 0 Å². The molecule has 2 unspecified atom stereocenters. The van der Waals surface area contributed by atoms with Gasteiger partial charge in [-0.05, 0) is 25.2 Å². The Kier molecular flexibility index (Phi) is 4.04. The molecule has 0 radical (unpaired) electrons. The molecule has 0 heterocycles. The van der Waals surface area contributed by atoms with E-state index in [9.17, 15) is 18.3 Å². The molecule has 1 nitrogen and oxygen atoms in total. The van der Waals surface area contributed by atoms with E-state index in [1.807, 2.05) is 6.92 Å². The topological polar surface area (TPSA) is 20.2 Å². The SMILES string of the molecule is CCC1CCCC(O)(CCC(F)(F)F)C1. The van der Waals surface area contributed by atoms with Gasteiger partial charge in [0.05, 0.1) is 5.60 Å². The maximum atomic E-state index is 12.0. The lowest BCUT2D eigenvalue weighted by Gasteiger charge is -2.36. The zero-order valence-electron chi connectivity index (χ0n) is 9.11. The summed E-state index contributed by atoms with van der Waals surface area (Å²) in [5.74, 6) is 0.400. The Hall–Kier alpha value is -0.250. The monoisotopic (exact) mass is 224 g/mol. The van der Waals surface area contributed by atoms with Crippen LogP contribution in [0.15, 0.2) is 0 Å². The lowest BCUT2D eigenvalue weighted by molar-refractivity contribution is -0.150.